The molecule has 25 heavy (non-hydrogen) atoms. The normalized spacial score (nSPS) is 17.9. The first-order valence-corrected chi connectivity index (χ1v) is 9.67. The predicted octanol–water partition coefficient (Wildman–Crippen LogP) is 3.62. The van der Waals surface area contributed by atoms with E-state index in [0.717, 1.165) is 31.7 Å². The third kappa shape index (κ3) is 4.10. The van der Waals surface area contributed by atoms with Crippen molar-refractivity contribution in [3.8, 4) is 0 Å². The molecule has 1 aliphatic heterocycles. The second-order valence-electron chi connectivity index (χ2n) is 6.15. The Labute approximate surface area is 146 Å². The van der Waals surface area contributed by atoms with Gasteiger partial charge in [0.1, 0.15) is 0 Å². The summed E-state index contributed by atoms with van der Waals surface area (Å²) >= 11 is 0. The van der Waals surface area contributed by atoms with Crippen molar-refractivity contribution in [2.75, 3.05) is 29.9 Å². The first-order chi connectivity index (χ1) is 12.0. The van der Waals surface area contributed by atoms with Crippen molar-refractivity contribution in [1.29, 1.82) is 0 Å². The van der Waals surface area contributed by atoms with Gasteiger partial charge in [0.15, 0.2) is 0 Å². The van der Waals surface area contributed by atoms with Gasteiger partial charge < -0.3 is 10.2 Å². The van der Waals surface area contributed by atoms with Crippen LogP contribution < -0.4 is 10.2 Å². The minimum Gasteiger partial charge on any atom is -0.385 e. The van der Waals surface area contributed by atoms with Gasteiger partial charge in [0.2, 0.25) is 9.84 Å². The van der Waals surface area contributed by atoms with Crippen LogP contribution in [0.4, 0.5) is 20.2 Å². The highest BCUT2D eigenvalue weighted by Gasteiger charge is 2.26. The molecule has 4 nitrogen and oxygen atoms in total. The molecular formula is C18H20F2N2O2S. The number of anilines is 2. The van der Waals surface area contributed by atoms with Gasteiger partial charge in [-0.15, -0.1) is 0 Å². The molecule has 2 aromatic carbocycles. The van der Waals surface area contributed by atoms with Crippen LogP contribution in [0.3, 0.4) is 0 Å². The summed E-state index contributed by atoms with van der Waals surface area (Å²) in [4.78, 5) is 1.98. The molecule has 1 unspecified atom stereocenters. The van der Waals surface area contributed by atoms with Gasteiger partial charge in [0.25, 0.3) is 0 Å². The lowest BCUT2D eigenvalue weighted by Gasteiger charge is -2.19. The highest BCUT2D eigenvalue weighted by atomic mass is 32.2. The fourth-order valence-corrected chi connectivity index (χ4v) is 3.72. The molecule has 0 bridgehead atoms. The number of hydrogen-bond donors (Lipinski definition) is 1. The summed E-state index contributed by atoms with van der Waals surface area (Å²) in [6, 6.07) is 15.7. The maximum atomic E-state index is 12.5. The van der Waals surface area contributed by atoms with Crippen LogP contribution in [0.25, 0.3) is 0 Å². The van der Waals surface area contributed by atoms with E-state index in [1.165, 1.54) is 30.0 Å². The zero-order valence-electron chi connectivity index (χ0n) is 13.6. The molecule has 0 spiro atoms. The van der Waals surface area contributed by atoms with Crippen LogP contribution in [0.2, 0.25) is 0 Å². The van der Waals surface area contributed by atoms with E-state index in [-0.39, 0.29) is 4.90 Å². The fourth-order valence-electron chi connectivity index (χ4n) is 3.00. The molecule has 3 rings (SSSR count). The average molecular weight is 366 g/mol. The van der Waals surface area contributed by atoms with Crippen LogP contribution in [-0.2, 0) is 9.84 Å². The van der Waals surface area contributed by atoms with Gasteiger partial charge in [-0.25, -0.2) is 8.42 Å². The molecule has 1 aliphatic rings. The highest BCUT2D eigenvalue weighted by Crippen LogP contribution is 2.24. The van der Waals surface area contributed by atoms with Gasteiger partial charge in [-0.3, -0.25) is 0 Å². The summed E-state index contributed by atoms with van der Waals surface area (Å²) in [7, 11) is -4.53. The number of alkyl halides is 2. The number of rotatable bonds is 6. The van der Waals surface area contributed by atoms with Crippen LogP contribution in [0.1, 0.15) is 6.42 Å². The lowest BCUT2D eigenvalue weighted by Crippen LogP contribution is -2.22. The van der Waals surface area contributed by atoms with Crippen molar-refractivity contribution in [1.82, 2.24) is 0 Å². The van der Waals surface area contributed by atoms with E-state index in [1.807, 2.05) is 18.2 Å². The number of para-hydroxylation sites is 1. The van der Waals surface area contributed by atoms with Crippen molar-refractivity contribution in [2.24, 2.45) is 5.92 Å². The van der Waals surface area contributed by atoms with Crippen molar-refractivity contribution >= 4 is 21.2 Å². The molecule has 1 atom stereocenters. The Morgan fingerprint density at radius 3 is 2.40 bits per heavy atom. The monoisotopic (exact) mass is 366 g/mol. The predicted molar refractivity (Wildman–Crippen MR) is 94.9 cm³/mol. The lowest BCUT2D eigenvalue weighted by atomic mass is 10.1. The Morgan fingerprint density at radius 2 is 1.76 bits per heavy atom. The third-order valence-electron chi connectivity index (χ3n) is 4.42. The van der Waals surface area contributed by atoms with Gasteiger partial charge >= 0.3 is 5.76 Å². The molecular weight excluding hydrogens is 346 g/mol. The van der Waals surface area contributed by atoms with E-state index in [1.54, 1.807) is 0 Å². The van der Waals surface area contributed by atoms with Crippen molar-refractivity contribution in [3.05, 3.63) is 54.6 Å². The maximum absolute atomic E-state index is 12.5. The van der Waals surface area contributed by atoms with Crippen molar-refractivity contribution in [3.63, 3.8) is 0 Å². The maximum Gasteiger partial charge on any atom is 0.341 e. The summed E-state index contributed by atoms with van der Waals surface area (Å²) < 4.78 is 47.8. The molecule has 0 aliphatic carbocycles. The van der Waals surface area contributed by atoms with Crippen molar-refractivity contribution in [2.45, 2.75) is 17.1 Å². The second-order valence-corrected chi connectivity index (χ2v) is 8.06. The number of sulfone groups is 1. The Bertz CT molecular complexity index is 796. The Kier molecular flexibility index (Phi) is 5.22. The van der Waals surface area contributed by atoms with Gasteiger partial charge in [0.05, 0.1) is 4.90 Å². The topological polar surface area (TPSA) is 49.4 Å². The Balaban J connectivity index is 1.54. The molecule has 7 heteroatoms. The van der Waals surface area contributed by atoms with E-state index in [4.69, 9.17) is 0 Å². The molecule has 134 valence electrons. The molecule has 0 amide bonds. The Morgan fingerprint density at radius 1 is 1.08 bits per heavy atom. The van der Waals surface area contributed by atoms with E-state index >= 15 is 0 Å². The van der Waals surface area contributed by atoms with E-state index < -0.39 is 15.6 Å². The summed E-state index contributed by atoms with van der Waals surface area (Å²) in [5.74, 6) is -2.92. The van der Waals surface area contributed by atoms with Gasteiger partial charge in [-0.2, -0.15) is 8.78 Å². The summed E-state index contributed by atoms with van der Waals surface area (Å²) in [5, 5.41) is 3.26. The molecule has 1 fully saturated rings. The average Bonchev–Trinajstić information content (AvgIpc) is 3.10. The van der Waals surface area contributed by atoms with Crippen LogP contribution >= 0.6 is 0 Å². The van der Waals surface area contributed by atoms with E-state index in [0.29, 0.717) is 5.92 Å². The second kappa shape index (κ2) is 7.39. The largest absolute Gasteiger partial charge is 0.385 e. The molecule has 0 aromatic heterocycles. The minimum absolute atomic E-state index is 0.357. The molecule has 1 heterocycles. The first-order valence-electron chi connectivity index (χ1n) is 8.13. The molecule has 1 N–H and O–H groups in total. The number of nitrogens with one attached hydrogen (secondary N) is 1. The minimum atomic E-state index is -4.53. The zero-order valence-corrected chi connectivity index (χ0v) is 14.4. The van der Waals surface area contributed by atoms with Crippen LogP contribution in [0, 0.1) is 5.92 Å². The quantitative estimate of drug-likeness (QED) is 0.848. The standard InChI is InChI=1S/C18H20F2N2O2S/c19-18(20)25(23,24)17-8-6-15(7-9-17)21-12-14-10-11-22(13-14)16-4-2-1-3-5-16/h1-9,14,18,21H,10-13H2. The lowest BCUT2D eigenvalue weighted by molar-refractivity contribution is 0.234. The van der Waals surface area contributed by atoms with Gasteiger partial charge in [-0.05, 0) is 48.7 Å². The molecule has 0 saturated carbocycles. The number of nitrogens with zero attached hydrogens (tertiary/aromatic N) is 1. The SMILES string of the molecule is O=S(=O)(c1ccc(NCC2CCN(c3ccccc3)C2)cc1)C(F)F. The smallest absolute Gasteiger partial charge is 0.341 e. The van der Waals surface area contributed by atoms with Crippen LogP contribution in [0.5, 0.6) is 0 Å². The fraction of sp³-hybridized carbons (Fsp3) is 0.333. The van der Waals surface area contributed by atoms with Gasteiger partial charge in [0, 0.05) is 31.0 Å². The third-order valence-corrected chi connectivity index (χ3v) is 5.82. The molecule has 2 aromatic rings. The van der Waals surface area contributed by atoms with Crippen LogP contribution in [-0.4, -0.2) is 33.8 Å². The molecule has 1 saturated heterocycles. The number of hydrogen-bond acceptors (Lipinski definition) is 4. The Hall–Kier alpha value is -2.15. The number of halogens is 2. The summed E-state index contributed by atoms with van der Waals surface area (Å²) in [6.45, 7) is 2.71. The first kappa shape index (κ1) is 17.7. The highest BCUT2D eigenvalue weighted by molar-refractivity contribution is 7.91. The summed E-state index contributed by atoms with van der Waals surface area (Å²) in [5.41, 5.74) is 1.94. The molecule has 0 radical (unpaired) electrons. The van der Waals surface area contributed by atoms with Gasteiger partial charge in [-0.1, -0.05) is 18.2 Å². The zero-order chi connectivity index (χ0) is 17.9. The van der Waals surface area contributed by atoms with E-state index in [2.05, 4.69) is 22.3 Å². The van der Waals surface area contributed by atoms with Crippen LogP contribution in [0.15, 0.2) is 59.5 Å². The number of benzene rings is 2. The van der Waals surface area contributed by atoms with E-state index in [9.17, 15) is 17.2 Å². The van der Waals surface area contributed by atoms with Crippen molar-refractivity contribution < 1.29 is 17.2 Å². The summed E-state index contributed by atoms with van der Waals surface area (Å²) in [6.07, 6.45) is 1.07.